The molecule has 0 saturated heterocycles. The maximum atomic E-state index is 11.9. The van der Waals surface area contributed by atoms with E-state index in [2.05, 4.69) is 0 Å². The lowest BCUT2D eigenvalue weighted by Gasteiger charge is -2.25. The van der Waals surface area contributed by atoms with Crippen molar-refractivity contribution < 1.29 is 18.3 Å². The monoisotopic (exact) mass is 285 g/mol. The van der Waals surface area contributed by atoms with Crippen LogP contribution in [-0.2, 0) is 14.8 Å². The number of aliphatic carboxylic acids is 1. The second-order valence-electron chi connectivity index (χ2n) is 4.73. The summed E-state index contributed by atoms with van der Waals surface area (Å²) in [7, 11) is -3.50. The van der Waals surface area contributed by atoms with Gasteiger partial charge in [-0.3, -0.25) is 9.10 Å². The fourth-order valence-electron chi connectivity index (χ4n) is 2.21. The molecule has 5 nitrogen and oxygen atoms in total. The van der Waals surface area contributed by atoms with Crippen LogP contribution in [0.25, 0.3) is 0 Å². The Bertz CT molecular complexity index is 570. The molecule has 106 valence electrons. The second kappa shape index (κ2) is 5.61. The minimum atomic E-state index is -3.50. The molecule has 0 heterocycles. The van der Waals surface area contributed by atoms with Crippen LogP contribution in [0.1, 0.15) is 23.1 Å². The smallest absolute Gasteiger partial charge is 0.305 e. The summed E-state index contributed by atoms with van der Waals surface area (Å²) in [5.74, 6) is -1.02. The zero-order valence-electron chi connectivity index (χ0n) is 11.6. The average molecular weight is 285 g/mol. The molecule has 0 amide bonds. The normalized spacial score (nSPS) is 11.4. The number of carboxylic acids is 1. The molecule has 0 saturated carbocycles. The minimum Gasteiger partial charge on any atom is -0.481 e. The first-order valence-electron chi connectivity index (χ1n) is 5.90. The van der Waals surface area contributed by atoms with Gasteiger partial charge in [-0.1, -0.05) is 17.7 Å². The summed E-state index contributed by atoms with van der Waals surface area (Å²) in [6, 6.07) is 3.78. The maximum absolute atomic E-state index is 11.9. The van der Waals surface area contributed by atoms with Crippen LogP contribution in [-0.4, -0.2) is 32.3 Å². The van der Waals surface area contributed by atoms with Gasteiger partial charge < -0.3 is 5.11 Å². The number of rotatable bonds is 5. The maximum Gasteiger partial charge on any atom is 0.305 e. The van der Waals surface area contributed by atoms with Crippen molar-refractivity contribution >= 4 is 21.7 Å². The lowest BCUT2D eigenvalue weighted by atomic mass is 10.1. The van der Waals surface area contributed by atoms with E-state index < -0.39 is 16.0 Å². The Kier molecular flexibility index (Phi) is 4.57. The van der Waals surface area contributed by atoms with Gasteiger partial charge >= 0.3 is 5.97 Å². The first-order chi connectivity index (χ1) is 8.62. The highest BCUT2D eigenvalue weighted by Crippen LogP contribution is 2.28. The van der Waals surface area contributed by atoms with Gasteiger partial charge in [-0.15, -0.1) is 0 Å². The predicted molar refractivity (Wildman–Crippen MR) is 75.1 cm³/mol. The molecule has 0 radical (unpaired) electrons. The van der Waals surface area contributed by atoms with E-state index in [1.807, 2.05) is 32.9 Å². The molecule has 0 spiro atoms. The van der Waals surface area contributed by atoms with Crippen LogP contribution in [0.4, 0.5) is 5.69 Å². The summed E-state index contributed by atoms with van der Waals surface area (Å²) >= 11 is 0. The summed E-state index contributed by atoms with van der Waals surface area (Å²) in [5, 5.41) is 8.74. The molecular formula is C13H19NO4S. The average Bonchev–Trinajstić information content (AvgIpc) is 2.19. The lowest BCUT2D eigenvalue weighted by molar-refractivity contribution is -0.136. The number of sulfonamides is 1. The van der Waals surface area contributed by atoms with Crippen LogP contribution >= 0.6 is 0 Å². The quantitative estimate of drug-likeness (QED) is 0.896. The molecule has 1 N–H and O–H groups in total. The minimum absolute atomic E-state index is 0.0566. The van der Waals surface area contributed by atoms with Crippen LogP contribution < -0.4 is 4.31 Å². The van der Waals surface area contributed by atoms with Gasteiger partial charge in [-0.2, -0.15) is 0 Å². The fourth-order valence-corrected chi connectivity index (χ4v) is 3.25. The predicted octanol–water partition coefficient (Wildman–Crippen LogP) is 1.85. The highest BCUT2D eigenvalue weighted by atomic mass is 32.2. The third-order valence-electron chi connectivity index (χ3n) is 2.81. The number of anilines is 1. The molecule has 0 aliphatic rings. The highest BCUT2D eigenvalue weighted by Gasteiger charge is 2.22. The van der Waals surface area contributed by atoms with Gasteiger partial charge in [0.25, 0.3) is 0 Å². The Morgan fingerprint density at radius 2 is 1.68 bits per heavy atom. The number of carbonyl (C=O) groups is 1. The molecule has 0 unspecified atom stereocenters. The van der Waals surface area contributed by atoms with Gasteiger partial charge in [0.2, 0.25) is 10.0 Å². The highest BCUT2D eigenvalue weighted by molar-refractivity contribution is 7.92. The Balaban J connectivity index is 3.30. The van der Waals surface area contributed by atoms with Crippen LogP contribution in [0.3, 0.4) is 0 Å². The van der Waals surface area contributed by atoms with E-state index in [-0.39, 0.29) is 13.0 Å². The first-order valence-corrected chi connectivity index (χ1v) is 7.75. The summed E-state index contributed by atoms with van der Waals surface area (Å²) in [4.78, 5) is 10.7. The molecule has 1 rings (SSSR count). The van der Waals surface area contributed by atoms with Gasteiger partial charge in [0.05, 0.1) is 18.4 Å². The molecule has 0 bridgehead atoms. The number of hydrogen-bond donors (Lipinski definition) is 1. The van der Waals surface area contributed by atoms with Crippen molar-refractivity contribution in [3.05, 3.63) is 28.8 Å². The van der Waals surface area contributed by atoms with E-state index in [9.17, 15) is 13.2 Å². The van der Waals surface area contributed by atoms with Crippen molar-refractivity contribution in [2.45, 2.75) is 27.2 Å². The van der Waals surface area contributed by atoms with Crippen molar-refractivity contribution in [3.63, 3.8) is 0 Å². The summed E-state index contributed by atoms with van der Waals surface area (Å²) in [6.07, 6.45) is 0.868. The summed E-state index contributed by atoms with van der Waals surface area (Å²) in [6.45, 7) is 5.54. The van der Waals surface area contributed by atoms with Gasteiger partial charge in [-0.25, -0.2) is 8.42 Å². The van der Waals surface area contributed by atoms with E-state index >= 15 is 0 Å². The zero-order valence-corrected chi connectivity index (χ0v) is 12.4. The molecule has 1 aromatic carbocycles. The number of nitrogens with zero attached hydrogens (tertiary/aromatic N) is 1. The molecule has 0 aliphatic heterocycles. The fraction of sp³-hybridized carbons (Fsp3) is 0.462. The third-order valence-corrected chi connectivity index (χ3v) is 3.98. The summed E-state index contributed by atoms with van der Waals surface area (Å²) in [5.41, 5.74) is 3.28. The number of hydrogen-bond acceptors (Lipinski definition) is 3. The van der Waals surface area contributed by atoms with Crippen molar-refractivity contribution in [1.82, 2.24) is 0 Å². The molecule has 0 fully saturated rings. The van der Waals surface area contributed by atoms with Gasteiger partial charge in [0.15, 0.2) is 0 Å². The SMILES string of the molecule is Cc1cc(C)c(N(CCC(=O)O)S(C)(=O)=O)c(C)c1. The van der Waals surface area contributed by atoms with Crippen LogP contribution in [0, 0.1) is 20.8 Å². The van der Waals surface area contributed by atoms with Crippen molar-refractivity contribution in [1.29, 1.82) is 0 Å². The third kappa shape index (κ3) is 3.96. The summed E-state index contributed by atoms with van der Waals surface area (Å²) < 4.78 is 24.9. The van der Waals surface area contributed by atoms with Crippen LogP contribution in [0.5, 0.6) is 0 Å². The first kappa shape index (κ1) is 15.5. The van der Waals surface area contributed by atoms with Crippen molar-refractivity contribution in [3.8, 4) is 0 Å². The van der Waals surface area contributed by atoms with Gasteiger partial charge in [-0.05, 0) is 31.9 Å². The van der Waals surface area contributed by atoms with E-state index in [1.165, 1.54) is 4.31 Å². The molecular weight excluding hydrogens is 266 g/mol. The van der Waals surface area contributed by atoms with Crippen molar-refractivity contribution in [2.24, 2.45) is 0 Å². The Morgan fingerprint density at radius 1 is 1.21 bits per heavy atom. The lowest BCUT2D eigenvalue weighted by Crippen LogP contribution is -2.33. The molecule has 0 atom stereocenters. The largest absolute Gasteiger partial charge is 0.481 e. The molecule has 6 heteroatoms. The van der Waals surface area contributed by atoms with Gasteiger partial charge in [0, 0.05) is 6.54 Å². The van der Waals surface area contributed by atoms with E-state index in [1.54, 1.807) is 0 Å². The van der Waals surface area contributed by atoms with Crippen LogP contribution in [0.15, 0.2) is 12.1 Å². The number of benzene rings is 1. The van der Waals surface area contributed by atoms with Crippen LogP contribution in [0.2, 0.25) is 0 Å². The Hall–Kier alpha value is -1.56. The number of aryl methyl sites for hydroxylation is 3. The Morgan fingerprint density at radius 3 is 2.05 bits per heavy atom. The van der Waals surface area contributed by atoms with E-state index in [0.717, 1.165) is 22.9 Å². The van der Waals surface area contributed by atoms with Gasteiger partial charge in [0.1, 0.15) is 0 Å². The standard InChI is InChI=1S/C13H19NO4S/c1-9-7-10(2)13(11(3)8-9)14(19(4,17)18)6-5-12(15)16/h7-8H,5-6H2,1-4H3,(H,15,16). The van der Waals surface area contributed by atoms with Crippen molar-refractivity contribution in [2.75, 3.05) is 17.1 Å². The Labute approximate surface area is 113 Å². The van der Waals surface area contributed by atoms with E-state index in [0.29, 0.717) is 5.69 Å². The number of carboxylic acid groups (broad SMARTS) is 1. The van der Waals surface area contributed by atoms with E-state index in [4.69, 9.17) is 5.11 Å². The molecule has 0 aromatic heterocycles. The molecule has 0 aliphatic carbocycles. The molecule has 1 aromatic rings. The molecule has 19 heavy (non-hydrogen) atoms. The second-order valence-corrected chi connectivity index (χ2v) is 6.63. The topological polar surface area (TPSA) is 74.7 Å². The zero-order chi connectivity index (χ0) is 14.8.